The largest absolute Gasteiger partial charge is 0.497 e. The zero-order valence-electron chi connectivity index (χ0n) is 14.6. The summed E-state index contributed by atoms with van der Waals surface area (Å²) < 4.78 is 24.4. The molecule has 1 heterocycles. The van der Waals surface area contributed by atoms with E-state index in [4.69, 9.17) is 9.26 Å². The Labute approximate surface area is 158 Å². The molecule has 0 fully saturated rings. The lowest BCUT2D eigenvalue weighted by Crippen LogP contribution is -2.37. The molecule has 140 valence electrons. The van der Waals surface area contributed by atoms with E-state index in [1.54, 1.807) is 38.3 Å². The van der Waals surface area contributed by atoms with Crippen molar-refractivity contribution in [3.8, 4) is 11.4 Å². The van der Waals surface area contributed by atoms with Crippen molar-refractivity contribution in [1.29, 1.82) is 0 Å². The molecule has 7 nitrogen and oxygen atoms in total. The molecule has 27 heavy (non-hydrogen) atoms. The van der Waals surface area contributed by atoms with Crippen LogP contribution in [0.25, 0.3) is 5.69 Å². The van der Waals surface area contributed by atoms with Crippen molar-refractivity contribution in [2.24, 2.45) is 0 Å². The van der Waals surface area contributed by atoms with Crippen molar-refractivity contribution in [1.82, 2.24) is 5.27 Å². The smallest absolute Gasteiger partial charge is 0.442 e. The van der Waals surface area contributed by atoms with E-state index < -0.39 is 10.9 Å². The molecule has 2 aromatic carbocycles. The molecule has 9 heteroatoms. The third-order valence-electron chi connectivity index (χ3n) is 3.71. The number of ether oxygens (including phenoxy) is 1. The molecule has 2 N–H and O–H groups in total. The summed E-state index contributed by atoms with van der Waals surface area (Å²) in [6.45, 7) is 1.66. The fourth-order valence-corrected chi connectivity index (χ4v) is 3.15. The first-order valence-corrected chi connectivity index (χ1v) is 8.87. The summed E-state index contributed by atoms with van der Waals surface area (Å²) in [4.78, 5) is 24.4. The number of hydrogen-bond acceptors (Lipinski definition) is 5. The van der Waals surface area contributed by atoms with E-state index in [1.807, 2.05) is 0 Å². The molecule has 0 aliphatic heterocycles. The van der Waals surface area contributed by atoms with Crippen molar-refractivity contribution in [3.63, 3.8) is 0 Å². The molecule has 0 bridgehead atoms. The summed E-state index contributed by atoms with van der Waals surface area (Å²) >= 11 is 1.05. The lowest BCUT2D eigenvalue weighted by molar-refractivity contribution is -0.704. The van der Waals surface area contributed by atoms with E-state index in [2.05, 4.69) is 10.6 Å². The van der Waals surface area contributed by atoms with Gasteiger partial charge in [0.15, 0.2) is 0 Å². The van der Waals surface area contributed by atoms with Crippen molar-refractivity contribution < 1.29 is 23.1 Å². The highest BCUT2D eigenvalue weighted by Crippen LogP contribution is 2.20. The SMILES string of the molecule is COc1ccc(-[n+]2[nH]oc(=O)c2SC(C)C(=O)Nc2ccc(F)cc2)cc1. The Morgan fingerprint density at radius 3 is 2.52 bits per heavy atom. The third-order valence-corrected chi connectivity index (χ3v) is 4.85. The zero-order valence-corrected chi connectivity index (χ0v) is 15.4. The molecule has 1 atom stereocenters. The first kappa shape index (κ1) is 18.7. The molecule has 0 saturated heterocycles. The summed E-state index contributed by atoms with van der Waals surface area (Å²) in [6.07, 6.45) is 0. The molecular weight excluding hydrogens is 373 g/mol. The van der Waals surface area contributed by atoms with Crippen LogP contribution in [0, 0.1) is 5.82 Å². The Morgan fingerprint density at radius 1 is 1.22 bits per heavy atom. The number of halogens is 1. The van der Waals surface area contributed by atoms with Gasteiger partial charge in [0.2, 0.25) is 11.6 Å². The summed E-state index contributed by atoms with van der Waals surface area (Å²) in [5.74, 6) is -0.0409. The van der Waals surface area contributed by atoms with Gasteiger partial charge >= 0.3 is 10.7 Å². The van der Waals surface area contributed by atoms with Gasteiger partial charge in [0.25, 0.3) is 0 Å². The minimum Gasteiger partial charge on any atom is -0.497 e. The van der Waals surface area contributed by atoms with Crippen LogP contribution in [0.5, 0.6) is 5.75 Å². The van der Waals surface area contributed by atoms with Gasteiger partial charge in [-0.3, -0.25) is 9.32 Å². The fraction of sp³-hybridized carbons (Fsp3) is 0.167. The number of aromatic nitrogens is 2. The van der Waals surface area contributed by atoms with Crippen LogP contribution < -0.4 is 20.4 Å². The highest BCUT2D eigenvalue weighted by molar-refractivity contribution is 8.00. The van der Waals surface area contributed by atoms with Gasteiger partial charge in [-0.05, 0) is 65.0 Å². The topological polar surface area (TPSA) is 88.2 Å². The Kier molecular flexibility index (Phi) is 5.60. The average molecular weight is 390 g/mol. The second-order valence-corrected chi connectivity index (χ2v) is 6.91. The van der Waals surface area contributed by atoms with E-state index in [9.17, 15) is 14.0 Å². The van der Waals surface area contributed by atoms with Gasteiger partial charge < -0.3 is 10.1 Å². The van der Waals surface area contributed by atoms with Crippen LogP contribution in [-0.4, -0.2) is 23.5 Å². The molecule has 0 spiro atoms. The van der Waals surface area contributed by atoms with Crippen LogP contribution >= 0.6 is 11.8 Å². The van der Waals surface area contributed by atoms with Crippen LogP contribution in [0.3, 0.4) is 0 Å². The van der Waals surface area contributed by atoms with E-state index in [0.29, 0.717) is 17.1 Å². The van der Waals surface area contributed by atoms with E-state index >= 15 is 0 Å². The van der Waals surface area contributed by atoms with Gasteiger partial charge in [0.1, 0.15) is 11.6 Å². The first-order chi connectivity index (χ1) is 13.0. The monoisotopic (exact) mass is 390 g/mol. The Hall–Kier alpha value is -3.07. The number of benzene rings is 2. The summed E-state index contributed by atoms with van der Waals surface area (Å²) in [5, 5.41) is 4.83. The minimum absolute atomic E-state index is 0.224. The van der Waals surface area contributed by atoms with Crippen molar-refractivity contribution in [2.45, 2.75) is 17.2 Å². The second-order valence-electron chi connectivity index (χ2n) is 5.58. The maximum absolute atomic E-state index is 13.0. The van der Waals surface area contributed by atoms with Crippen LogP contribution in [0.4, 0.5) is 10.1 Å². The number of anilines is 1. The van der Waals surface area contributed by atoms with Gasteiger partial charge in [-0.2, -0.15) is 0 Å². The number of carbonyl (C=O) groups is 1. The van der Waals surface area contributed by atoms with Gasteiger partial charge in [0, 0.05) is 17.8 Å². The predicted octanol–water partition coefficient (Wildman–Crippen LogP) is 2.51. The van der Waals surface area contributed by atoms with Crippen molar-refractivity contribution in [2.75, 3.05) is 12.4 Å². The molecule has 1 aromatic heterocycles. The summed E-state index contributed by atoms with van der Waals surface area (Å²) in [6, 6.07) is 12.4. The molecule has 0 aliphatic rings. The number of methoxy groups -OCH3 is 1. The number of aromatic amines is 1. The summed E-state index contributed by atoms with van der Waals surface area (Å²) in [5.41, 5.74) is 0.533. The standard InChI is InChI=1S/C18H16FN3O4S/c1-11(16(23)20-13-5-3-12(19)4-6-13)27-17-18(24)26-21-22(17)14-7-9-15(25-2)10-8-14/h3-11H,1-2H3,(H-,20,21,23,24)/p+1. The first-order valence-electron chi connectivity index (χ1n) is 7.99. The van der Waals surface area contributed by atoms with Crippen molar-refractivity contribution in [3.05, 3.63) is 64.8 Å². The van der Waals surface area contributed by atoms with E-state index in [0.717, 1.165) is 11.8 Å². The maximum Gasteiger partial charge on any atom is 0.442 e. The highest BCUT2D eigenvalue weighted by atomic mass is 32.2. The number of carbonyl (C=O) groups excluding carboxylic acids is 1. The normalized spacial score (nSPS) is 11.8. The van der Waals surface area contributed by atoms with Crippen LogP contribution in [-0.2, 0) is 4.79 Å². The van der Waals surface area contributed by atoms with E-state index in [-0.39, 0.29) is 16.8 Å². The number of rotatable bonds is 6. The van der Waals surface area contributed by atoms with Crippen LogP contribution in [0.15, 0.2) is 62.9 Å². The number of nitrogens with zero attached hydrogens (tertiary/aromatic N) is 1. The number of H-pyrrole nitrogens is 1. The average Bonchev–Trinajstić information content (AvgIpc) is 3.04. The molecule has 0 radical (unpaired) electrons. The molecule has 1 unspecified atom stereocenters. The minimum atomic E-state index is -0.599. The quantitative estimate of drug-likeness (QED) is 0.499. The van der Waals surface area contributed by atoms with Crippen LogP contribution in [0.2, 0.25) is 0 Å². The molecule has 3 rings (SSSR count). The van der Waals surface area contributed by atoms with Gasteiger partial charge in [0.05, 0.1) is 12.4 Å². The van der Waals surface area contributed by atoms with Crippen LogP contribution in [0.1, 0.15) is 6.92 Å². The fourth-order valence-electron chi connectivity index (χ4n) is 2.26. The van der Waals surface area contributed by atoms with Gasteiger partial charge in [-0.25, -0.2) is 9.18 Å². The Morgan fingerprint density at radius 2 is 1.89 bits per heavy atom. The zero-order chi connectivity index (χ0) is 19.4. The molecule has 3 aromatic rings. The molecular formula is C18H17FN3O4S+. The predicted molar refractivity (Wildman–Crippen MR) is 97.8 cm³/mol. The lowest BCUT2D eigenvalue weighted by Gasteiger charge is -2.09. The number of thioether (sulfide) groups is 1. The van der Waals surface area contributed by atoms with Gasteiger partial charge in [-0.15, -0.1) is 0 Å². The molecule has 0 saturated carbocycles. The summed E-state index contributed by atoms with van der Waals surface area (Å²) in [7, 11) is 1.56. The maximum atomic E-state index is 13.0. The third kappa shape index (κ3) is 4.37. The Bertz CT molecular complexity index is 983. The van der Waals surface area contributed by atoms with E-state index in [1.165, 1.54) is 28.9 Å². The number of hydrogen-bond donors (Lipinski definition) is 2. The molecule has 1 amide bonds. The number of nitrogens with one attached hydrogen (secondary N) is 2. The number of amides is 1. The highest BCUT2D eigenvalue weighted by Gasteiger charge is 2.29. The second kappa shape index (κ2) is 8.09. The molecule has 0 aliphatic carbocycles. The lowest BCUT2D eigenvalue weighted by atomic mass is 10.3. The van der Waals surface area contributed by atoms with Crippen molar-refractivity contribution >= 4 is 23.4 Å². The van der Waals surface area contributed by atoms with Gasteiger partial charge in [-0.1, -0.05) is 0 Å². The Balaban J connectivity index is 1.76.